The fourth-order valence-corrected chi connectivity index (χ4v) is 3.70. The Balaban J connectivity index is 2.19. The number of anilines is 1. The molecule has 6 heteroatoms. The van der Waals surface area contributed by atoms with Gasteiger partial charge in [-0.25, -0.2) is 4.98 Å². The number of hydrogen-bond donors (Lipinski definition) is 1. The predicted octanol–water partition coefficient (Wildman–Crippen LogP) is 4.26. The first-order valence-corrected chi connectivity index (χ1v) is 8.68. The second-order valence-electron chi connectivity index (χ2n) is 7.89. The summed E-state index contributed by atoms with van der Waals surface area (Å²) in [4.78, 5) is 15.0. The average molecular weight is 350 g/mol. The van der Waals surface area contributed by atoms with Crippen molar-refractivity contribution in [2.75, 3.05) is 5.73 Å². The summed E-state index contributed by atoms with van der Waals surface area (Å²) >= 11 is 0. The summed E-state index contributed by atoms with van der Waals surface area (Å²) in [5.41, 5.74) is 10.1. The number of nitro benzene ring substituents is 1. The number of aromatic nitrogens is 1. The van der Waals surface area contributed by atoms with Crippen LogP contribution in [0, 0.1) is 32.8 Å². The zero-order valence-corrected chi connectivity index (χ0v) is 15.2. The summed E-state index contributed by atoms with van der Waals surface area (Å²) in [6.45, 7) is 6.68. The Morgan fingerprint density at radius 2 is 1.96 bits per heavy atom. The van der Waals surface area contributed by atoms with Gasteiger partial charge in [-0.15, -0.1) is 0 Å². The molecule has 1 unspecified atom stereocenters. The Hall–Kier alpha value is -2.94. The van der Waals surface area contributed by atoms with E-state index in [2.05, 4.69) is 31.8 Å². The molecule has 0 radical (unpaired) electrons. The molecule has 0 spiro atoms. The Labute approximate surface area is 152 Å². The van der Waals surface area contributed by atoms with Crippen LogP contribution in [0.4, 0.5) is 11.5 Å². The molecule has 1 aromatic heterocycles. The van der Waals surface area contributed by atoms with Gasteiger partial charge in [-0.05, 0) is 53.9 Å². The summed E-state index contributed by atoms with van der Waals surface area (Å²) < 4.78 is 0. The van der Waals surface area contributed by atoms with Crippen LogP contribution in [0.15, 0.2) is 24.3 Å². The van der Waals surface area contributed by atoms with Gasteiger partial charge < -0.3 is 5.73 Å². The number of hydrogen-bond acceptors (Lipinski definition) is 5. The molecule has 0 fully saturated rings. The van der Waals surface area contributed by atoms with Gasteiger partial charge >= 0.3 is 0 Å². The first-order chi connectivity index (χ1) is 12.2. The van der Waals surface area contributed by atoms with Crippen molar-refractivity contribution in [3.8, 4) is 17.2 Å². The molecule has 0 amide bonds. The van der Waals surface area contributed by atoms with Crippen LogP contribution in [0.1, 0.15) is 44.0 Å². The molecule has 134 valence electrons. The maximum atomic E-state index is 10.9. The Kier molecular flexibility index (Phi) is 4.41. The van der Waals surface area contributed by atoms with Crippen molar-refractivity contribution in [1.82, 2.24) is 4.98 Å². The summed E-state index contributed by atoms with van der Waals surface area (Å²) in [5.74, 6) is 0.706. The van der Waals surface area contributed by atoms with Crippen molar-refractivity contribution in [2.24, 2.45) is 11.3 Å². The number of rotatable bonds is 2. The summed E-state index contributed by atoms with van der Waals surface area (Å²) in [5, 5.41) is 20.6. The summed E-state index contributed by atoms with van der Waals surface area (Å²) in [6.07, 6.45) is 2.69. The minimum absolute atomic E-state index is 0.0238. The smallest absolute Gasteiger partial charge is 0.269 e. The van der Waals surface area contributed by atoms with E-state index in [-0.39, 0.29) is 16.9 Å². The highest BCUT2D eigenvalue weighted by molar-refractivity contribution is 5.79. The summed E-state index contributed by atoms with van der Waals surface area (Å²) in [6, 6.07) is 8.48. The van der Waals surface area contributed by atoms with Gasteiger partial charge in [0.1, 0.15) is 17.5 Å². The number of benzene rings is 1. The normalized spacial score (nSPS) is 16.6. The number of nitrogen functional groups attached to an aromatic ring is 1. The van der Waals surface area contributed by atoms with Crippen molar-refractivity contribution in [1.29, 1.82) is 5.26 Å². The van der Waals surface area contributed by atoms with Crippen molar-refractivity contribution < 1.29 is 4.92 Å². The number of nitriles is 1. The predicted molar refractivity (Wildman–Crippen MR) is 100 cm³/mol. The number of nitro groups is 1. The molecule has 6 nitrogen and oxygen atoms in total. The lowest BCUT2D eigenvalue weighted by atomic mass is 9.70. The highest BCUT2D eigenvalue weighted by atomic mass is 16.6. The molecule has 3 rings (SSSR count). The van der Waals surface area contributed by atoms with Crippen molar-refractivity contribution in [2.45, 2.75) is 40.0 Å². The zero-order valence-electron chi connectivity index (χ0n) is 15.2. The van der Waals surface area contributed by atoms with E-state index in [1.807, 2.05) is 0 Å². The third-order valence-corrected chi connectivity index (χ3v) is 5.30. The molecule has 0 saturated heterocycles. The van der Waals surface area contributed by atoms with Crippen LogP contribution in [0.25, 0.3) is 11.1 Å². The van der Waals surface area contributed by atoms with Crippen LogP contribution in [0.3, 0.4) is 0 Å². The zero-order chi connectivity index (χ0) is 19.1. The molecule has 2 N–H and O–H groups in total. The van der Waals surface area contributed by atoms with Crippen LogP contribution in [-0.4, -0.2) is 9.91 Å². The lowest BCUT2D eigenvalue weighted by Crippen LogP contribution is -2.28. The Morgan fingerprint density at radius 1 is 1.31 bits per heavy atom. The van der Waals surface area contributed by atoms with Crippen LogP contribution >= 0.6 is 0 Å². The molecule has 26 heavy (non-hydrogen) atoms. The topological polar surface area (TPSA) is 106 Å². The van der Waals surface area contributed by atoms with Gasteiger partial charge in [-0.1, -0.05) is 20.8 Å². The van der Waals surface area contributed by atoms with Crippen LogP contribution in [0.5, 0.6) is 0 Å². The Bertz CT molecular complexity index is 905. The van der Waals surface area contributed by atoms with E-state index in [0.29, 0.717) is 11.5 Å². The third kappa shape index (κ3) is 3.13. The molecular weight excluding hydrogens is 328 g/mol. The van der Waals surface area contributed by atoms with Gasteiger partial charge in [0.2, 0.25) is 0 Å². The molecule has 0 aliphatic heterocycles. The molecule has 1 aliphatic carbocycles. The van der Waals surface area contributed by atoms with E-state index in [9.17, 15) is 15.4 Å². The Morgan fingerprint density at radius 3 is 2.50 bits per heavy atom. The van der Waals surface area contributed by atoms with Crippen LogP contribution in [-0.2, 0) is 12.8 Å². The van der Waals surface area contributed by atoms with Gasteiger partial charge in [-0.3, -0.25) is 10.1 Å². The largest absolute Gasteiger partial charge is 0.383 e. The SMILES string of the molecule is CC(C)(C)C1CCc2nc(N)c(C#N)c(-c3ccc([N+](=O)[O-])cc3)c2C1. The maximum absolute atomic E-state index is 10.9. The molecule has 1 aliphatic rings. The standard InChI is InChI=1S/C20H22N4O2/c1-20(2,3)13-6-9-17-15(10-13)18(16(11-21)19(22)23-17)12-4-7-14(8-5-12)24(25)26/h4-5,7-8,13H,6,9-10H2,1-3H3,(H2,22,23). The monoisotopic (exact) mass is 350 g/mol. The van der Waals surface area contributed by atoms with E-state index < -0.39 is 4.92 Å². The first-order valence-electron chi connectivity index (χ1n) is 8.68. The number of fused-ring (bicyclic) bond motifs is 1. The van der Waals surface area contributed by atoms with E-state index in [1.165, 1.54) is 12.1 Å². The molecule has 0 saturated carbocycles. The lowest BCUT2D eigenvalue weighted by molar-refractivity contribution is -0.384. The minimum Gasteiger partial charge on any atom is -0.383 e. The van der Waals surface area contributed by atoms with Gasteiger partial charge in [0.05, 0.1) is 4.92 Å². The van der Waals surface area contributed by atoms with Crippen molar-refractivity contribution in [3.05, 3.63) is 51.2 Å². The quantitative estimate of drug-likeness (QED) is 0.643. The summed E-state index contributed by atoms with van der Waals surface area (Å²) in [7, 11) is 0. The molecule has 1 heterocycles. The van der Waals surface area contributed by atoms with Gasteiger partial charge in [0.15, 0.2) is 0 Å². The lowest BCUT2D eigenvalue weighted by Gasteiger charge is -2.35. The van der Waals surface area contributed by atoms with E-state index >= 15 is 0 Å². The highest BCUT2D eigenvalue weighted by Crippen LogP contribution is 2.42. The fourth-order valence-electron chi connectivity index (χ4n) is 3.70. The van der Waals surface area contributed by atoms with Crippen LogP contribution < -0.4 is 5.73 Å². The number of nitrogens with zero attached hydrogens (tertiary/aromatic N) is 3. The van der Waals surface area contributed by atoms with Gasteiger partial charge in [0.25, 0.3) is 5.69 Å². The number of nitrogens with two attached hydrogens (primary N) is 1. The molecular formula is C20H22N4O2. The van der Waals surface area contributed by atoms with E-state index in [1.54, 1.807) is 12.1 Å². The van der Waals surface area contributed by atoms with Gasteiger partial charge in [0, 0.05) is 23.4 Å². The molecule has 0 bridgehead atoms. The second kappa shape index (κ2) is 6.41. The molecule has 2 aromatic rings. The van der Waals surface area contributed by atoms with E-state index in [0.717, 1.165) is 41.6 Å². The van der Waals surface area contributed by atoms with Crippen LogP contribution in [0.2, 0.25) is 0 Å². The van der Waals surface area contributed by atoms with E-state index in [4.69, 9.17) is 5.73 Å². The average Bonchev–Trinajstić information content (AvgIpc) is 2.59. The first kappa shape index (κ1) is 17.9. The molecule has 1 atom stereocenters. The third-order valence-electron chi connectivity index (χ3n) is 5.30. The fraction of sp³-hybridized carbons (Fsp3) is 0.400. The van der Waals surface area contributed by atoms with Crippen molar-refractivity contribution >= 4 is 11.5 Å². The number of aryl methyl sites for hydroxylation is 1. The number of non-ortho nitro benzene ring substituents is 1. The number of pyridine rings is 1. The minimum atomic E-state index is -0.430. The highest BCUT2D eigenvalue weighted by Gasteiger charge is 2.32. The second-order valence-corrected chi connectivity index (χ2v) is 7.89. The van der Waals surface area contributed by atoms with Crippen molar-refractivity contribution in [3.63, 3.8) is 0 Å². The van der Waals surface area contributed by atoms with Gasteiger partial charge in [-0.2, -0.15) is 5.26 Å². The maximum Gasteiger partial charge on any atom is 0.269 e. The molecule has 1 aromatic carbocycles.